The van der Waals surface area contributed by atoms with Crippen molar-refractivity contribution in [1.82, 2.24) is 4.90 Å². The number of nitrogens with two attached hydrogens (primary N) is 1. The molecule has 1 amide bonds. The monoisotopic (exact) mass is 274 g/mol. The van der Waals surface area contributed by atoms with Crippen LogP contribution in [0.25, 0.3) is 0 Å². The van der Waals surface area contributed by atoms with Crippen LogP contribution in [0.1, 0.15) is 51.6 Å². The van der Waals surface area contributed by atoms with E-state index >= 15 is 0 Å². The quantitative estimate of drug-likeness (QED) is 0.866. The van der Waals surface area contributed by atoms with Crippen LogP contribution in [0.2, 0.25) is 0 Å². The zero-order valence-electron chi connectivity index (χ0n) is 12.8. The molecule has 1 aromatic carbocycles. The molecule has 2 rings (SSSR count). The van der Waals surface area contributed by atoms with Crippen molar-refractivity contribution in [2.45, 2.75) is 58.2 Å². The summed E-state index contributed by atoms with van der Waals surface area (Å²) in [6.45, 7) is 6.16. The van der Waals surface area contributed by atoms with Gasteiger partial charge in [-0.1, -0.05) is 51.1 Å². The first-order valence-electron chi connectivity index (χ1n) is 7.69. The number of carbonyl (C=O) groups is 1. The summed E-state index contributed by atoms with van der Waals surface area (Å²) in [4.78, 5) is 14.8. The van der Waals surface area contributed by atoms with Gasteiger partial charge in [-0.3, -0.25) is 4.79 Å². The van der Waals surface area contributed by atoms with Gasteiger partial charge in [0.15, 0.2) is 0 Å². The fourth-order valence-corrected chi connectivity index (χ4v) is 2.67. The number of hydrogen-bond donors (Lipinski definition) is 1. The molecule has 0 bridgehead atoms. The van der Waals surface area contributed by atoms with E-state index in [1.54, 1.807) is 0 Å². The van der Waals surface area contributed by atoms with Crippen LogP contribution >= 0.6 is 0 Å². The molecule has 0 spiro atoms. The number of amides is 1. The van der Waals surface area contributed by atoms with Crippen molar-refractivity contribution in [3.05, 3.63) is 35.9 Å². The Morgan fingerprint density at radius 2 is 1.90 bits per heavy atom. The lowest BCUT2D eigenvalue weighted by Gasteiger charge is -2.34. The lowest BCUT2D eigenvalue weighted by molar-refractivity contribution is -0.137. The molecule has 0 aromatic heterocycles. The van der Waals surface area contributed by atoms with Crippen LogP contribution in [-0.2, 0) is 4.79 Å². The van der Waals surface area contributed by atoms with Gasteiger partial charge in [-0.2, -0.15) is 0 Å². The van der Waals surface area contributed by atoms with Gasteiger partial charge >= 0.3 is 0 Å². The summed E-state index contributed by atoms with van der Waals surface area (Å²) in [5.74, 6) is 0.287. The predicted molar refractivity (Wildman–Crippen MR) is 82.2 cm³/mol. The van der Waals surface area contributed by atoms with E-state index in [0.29, 0.717) is 6.04 Å². The van der Waals surface area contributed by atoms with E-state index in [1.807, 2.05) is 32.0 Å². The minimum absolute atomic E-state index is 0.109. The van der Waals surface area contributed by atoms with Gasteiger partial charge in [-0.25, -0.2) is 0 Å². The molecule has 0 heterocycles. The van der Waals surface area contributed by atoms with Crippen LogP contribution in [-0.4, -0.2) is 22.9 Å². The first-order valence-corrected chi connectivity index (χ1v) is 7.69. The Morgan fingerprint density at radius 3 is 2.35 bits per heavy atom. The molecule has 1 fully saturated rings. The zero-order valence-corrected chi connectivity index (χ0v) is 12.8. The third-order valence-corrected chi connectivity index (χ3v) is 4.10. The normalized spacial score (nSPS) is 17.9. The van der Waals surface area contributed by atoms with Gasteiger partial charge in [0.1, 0.15) is 0 Å². The molecular weight excluding hydrogens is 248 g/mol. The van der Waals surface area contributed by atoms with E-state index in [0.717, 1.165) is 19.3 Å². The van der Waals surface area contributed by atoms with Gasteiger partial charge in [-0.15, -0.1) is 0 Å². The topological polar surface area (TPSA) is 46.3 Å². The van der Waals surface area contributed by atoms with Crippen molar-refractivity contribution in [1.29, 1.82) is 0 Å². The van der Waals surface area contributed by atoms with Crippen LogP contribution in [0.15, 0.2) is 30.3 Å². The maximum Gasteiger partial charge on any atom is 0.240 e. The van der Waals surface area contributed by atoms with E-state index < -0.39 is 6.04 Å². The van der Waals surface area contributed by atoms with E-state index in [-0.39, 0.29) is 17.9 Å². The predicted octanol–water partition coefficient (Wildman–Crippen LogP) is 3.11. The Hall–Kier alpha value is -1.35. The summed E-state index contributed by atoms with van der Waals surface area (Å²) in [6.07, 6.45) is 3.15. The summed E-state index contributed by atoms with van der Waals surface area (Å²) in [5, 5.41) is 0. The first kappa shape index (κ1) is 15.0. The Balaban J connectivity index is 2.25. The number of carbonyl (C=O) groups excluding carboxylic acids is 1. The molecule has 2 N–H and O–H groups in total. The fraction of sp³-hybridized carbons (Fsp3) is 0.588. The molecule has 20 heavy (non-hydrogen) atoms. The second-order valence-corrected chi connectivity index (χ2v) is 6.08. The fourth-order valence-electron chi connectivity index (χ4n) is 2.67. The maximum atomic E-state index is 12.7. The summed E-state index contributed by atoms with van der Waals surface area (Å²) in [5.41, 5.74) is 7.32. The van der Waals surface area contributed by atoms with Crippen molar-refractivity contribution in [3.8, 4) is 0 Å². The van der Waals surface area contributed by atoms with Crippen molar-refractivity contribution in [2.75, 3.05) is 0 Å². The van der Waals surface area contributed by atoms with Crippen LogP contribution in [0.3, 0.4) is 0 Å². The molecule has 0 radical (unpaired) electrons. The summed E-state index contributed by atoms with van der Waals surface area (Å²) in [7, 11) is 0. The average Bonchev–Trinajstić information content (AvgIpc) is 3.28. The van der Waals surface area contributed by atoms with Gasteiger partial charge < -0.3 is 10.6 Å². The molecule has 2 unspecified atom stereocenters. The molecule has 2 atom stereocenters. The number of nitrogens with zero attached hydrogens (tertiary/aromatic N) is 1. The average molecular weight is 274 g/mol. The lowest BCUT2D eigenvalue weighted by atomic mass is 9.98. The highest BCUT2D eigenvalue weighted by Gasteiger charge is 2.39. The molecule has 3 heteroatoms. The molecule has 0 saturated heterocycles. The highest BCUT2D eigenvalue weighted by atomic mass is 16.2. The second-order valence-electron chi connectivity index (χ2n) is 6.08. The smallest absolute Gasteiger partial charge is 0.240 e. The Kier molecular flexibility index (Phi) is 4.81. The van der Waals surface area contributed by atoms with Gasteiger partial charge in [0, 0.05) is 6.04 Å². The SMILES string of the molecule is CCC(c1ccccc1)N(C(=O)C(N)C(C)C)C1CC1. The molecule has 1 aliphatic rings. The molecule has 1 aromatic rings. The minimum atomic E-state index is -0.395. The lowest BCUT2D eigenvalue weighted by Crippen LogP contribution is -2.48. The second kappa shape index (κ2) is 6.40. The van der Waals surface area contributed by atoms with Crippen LogP contribution in [0, 0.1) is 5.92 Å². The zero-order chi connectivity index (χ0) is 14.7. The van der Waals surface area contributed by atoms with E-state index in [4.69, 9.17) is 5.73 Å². The van der Waals surface area contributed by atoms with Gasteiger partial charge in [0.2, 0.25) is 5.91 Å². The highest BCUT2D eigenvalue weighted by molar-refractivity contribution is 5.83. The first-order chi connectivity index (χ1) is 9.56. The van der Waals surface area contributed by atoms with Crippen LogP contribution < -0.4 is 5.73 Å². The number of hydrogen-bond acceptors (Lipinski definition) is 2. The molecule has 110 valence electrons. The van der Waals surface area contributed by atoms with Gasteiger partial charge in [-0.05, 0) is 30.7 Å². The third kappa shape index (κ3) is 3.21. The summed E-state index contributed by atoms with van der Waals surface area (Å²) >= 11 is 0. The Morgan fingerprint density at radius 1 is 1.30 bits per heavy atom. The summed E-state index contributed by atoms with van der Waals surface area (Å²) in [6, 6.07) is 10.5. The Labute approximate surface area is 122 Å². The van der Waals surface area contributed by atoms with E-state index in [9.17, 15) is 4.79 Å². The van der Waals surface area contributed by atoms with Crippen molar-refractivity contribution in [2.24, 2.45) is 11.7 Å². The van der Waals surface area contributed by atoms with Crippen molar-refractivity contribution < 1.29 is 4.79 Å². The van der Waals surface area contributed by atoms with Crippen LogP contribution in [0.4, 0.5) is 0 Å². The van der Waals surface area contributed by atoms with Gasteiger partial charge in [0.25, 0.3) is 0 Å². The standard InChI is InChI=1S/C17H26N2O/c1-4-15(13-8-6-5-7-9-13)19(14-10-11-14)17(20)16(18)12(2)3/h5-9,12,14-16H,4,10-11,18H2,1-3H3. The largest absolute Gasteiger partial charge is 0.331 e. The molecule has 1 aliphatic carbocycles. The molecule has 3 nitrogen and oxygen atoms in total. The number of rotatable bonds is 6. The van der Waals surface area contributed by atoms with Gasteiger partial charge in [0.05, 0.1) is 12.1 Å². The number of benzene rings is 1. The molecule has 0 aliphatic heterocycles. The third-order valence-electron chi connectivity index (χ3n) is 4.10. The van der Waals surface area contributed by atoms with Crippen molar-refractivity contribution in [3.63, 3.8) is 0 Å². The minimum Gasteiger partial charge on any atom is -0.331 e. The van der Waals surface area contributed by atoms with Crippen molar-refractivity contribution >= 4 is 5.91 Å². The summed E-state index contributed by atoms with van der Waals surface area (Å²) < 4.78 is 0. The molecular formula is C17H26N2O. The van der Waals surface area contributed by atoms with Crippen LogP contribution in [0.5, 0.6) is 0 Å². The Bertz CT molecular complexity index is 440. The van der Waals surface area contributed by atoms with E-state index in [1.165, 1.54) is 5.56 Å². The molecule has 1 saturated carbocycles. The van der Waals surface area contributed by atoms with E-state index in [2.05, 4.69) is 24.0 Å². The highest BCUT2D eigenvalue weighted by Crippen LogP contribution is 2.36. The maximum absolute atomic E-state index is 12.7.